The molecule has 2 nitrogen and oxygen atoms in total. The molecule has 3 heterocycles. The van der Waals surface area contributed by atoms with E-state index >= 15 is 0 Å². The molecule has 11 aromatic rings. The molecule has 4 heteroatoms. The van der Waals surface area contributed by atoms with Gasteiger partial charge in [0.25, 0.3) is 0 Å². The molecule has 0 aliphatic carbocycles. The van der Waals surface area contributed by atoms with E-state index in [1.54, 1.807) is 0 Å². The molecule has 0 amide bonds. The molecule has 0 bridgehead atoms. The number of fused-ring (bicyclic) bond motifs is 11. The molecule has 0 unspecified atom stereocenters. The zero-order valence-electron chi connectivity index (χ0n) is 26.9. The summed E-state index contributed by atoms with van der Waals surface area (Å²) >= 11 is 3.76. The van der Waals surface area contributed by atoms with Crippen molar-refractivity contribution in [3.05, 3.63) is 170 Å². The van der Waals surface area contributed by atoms with Gasteiger partial charge in [-0.2, -0.15) is 0 Å². The Labute approximate surface area is 296 Å². The predicted octanol–water partition coefficient (Wildman–Crippen LogP) is 14.1. The first-order valence-corrected chi connectivity index (χ1v) is 18.6. The maximum atomic E-state index is 2.49. The summed E-state index contributed by atoms with van der Waals surface area (Å²) in [4.78, 5) is 2.49. The van der Waals surface area contributed by atoms with Crippen molar-refractivity contribution in [3.63, 3.8) is 0 Å². The van der Waals surface area contributed by atoms with Crippen LogP contribution in [0.25, 0.3) is 78.6 Å². The minimum absolute atomic E-state index is 1.14. The monoisotopic (exact) mass is 672 g/mol. The highest BCUT2D eigenvalue weighted by molar-refractivity contribution is 7.26. The quantitative estimate of drug-likeness (QED) is 0.181. The molecule has 0 N–H and O–H groups in total. The lowest BCUT2D eigenvalue weighted by atomic mass is 10.0. The van der Waals surface area contributed by atoms with Crippen molar-refractivity contribution in [2.45, 2.75) is 0 Å². The molecule has 0 atom stereocenters. The minimum atomic E-state index is 1.14. The Morgan fingerprint density at radius 3 is 1.72 bits per heavy atom. The average Bonchev–Trinajstić information content (AvgIpc) is 3.85. The standard InChI is InChI=1S/C46H28N2S2/c1-2-12-29(13-3-1)48-40-19-9-6-15-33(40)37-26-30(22-24-41(37)48)47(31-23-25-45-38(27-31)34-16-7-10-20-43(34)49-45)42-28-39-35-17-8-11-21-44(35)50-46(39)36-18-5-4-14-32(36)42/h1-28H. The molecule has 0 spiro atoms. The number of benzene rings is 8. The van der Waals surface area contributed by atoms with Crippen LogP contribution in [0.4, 0.5) is 17.1 Å². The summed E-state index contributed by atoms with van der Waals surface area (Å²) in [7, 11) is 0. The van der Waals surface area contributed by atoms with Gasteiger partial charge < -0.3 is 9.47 Å². The van der Waals surface area contributed by atoms with Crippen LogP contribution in [0.5, 0.6) is 0 Å². The van der Waals surface area contributed by atoms with Crippen LogP contribution < -0.4 is 4.90 Å². The maximum absolute atomic E-state index is 2.49. The second-order valence-electron chi connectivity index (χ2n) is 12.9. The van der Waals surface area contributed by atoms with Crippen molar-refractivity contribution < 1.29 is 0 Å². The van der Waals surface area contributed by atoms with Gasteiger partial charge in [0, 0.05) is 79.0 Å². The third-order valence-electron chi connectivity index (χ3n) is 10.2. The van der Waals surface area contributed by atoms with E-state index in [1.807, 2.05) is 22.7 Å². The number of hydrogen-bond donors (Lipinski definition) is 0. The lowest BCUT2D eigenvalue weighted by molar-refractivity contribution is 1.18. The Morgan fingerprint density at radius 1 is 0.360 bits per heavy atom. The summed E-state index contributed by atoms with van der Waals surface area (Å²) in [6.07, 6.45) is 0. The fourth-order valence-corrected chi connectivity index (χ4v) is 10.3. The Hall–Kier alpha value is -5.94. The summed E-state index contributed by atoms with van der Waals surface area (Å²) in [6.45, 7) is 0. The van der Waals surface area contributed by atoms with Gasteiger partial charge in [-0.05, 0) is 72.8 Å². The number of nitrogens with zero attached hydrogens (tertiary/aromatic N) is 2. The lowest BCUT2D eigenvalue weighted by Crippen LogP contribution is -2.10. The predicted molar refractivity (Wildman–Crippen MR) is 219 cm³/mol. The molecule has 234 valence electrons. The highest BCUT2D eigenvalue weighted by Gasteiger charge is 2.22. The fourth-order valence-electron chi connectivity index (χ4n) is 7.95. The third-order valence-corrected chi connectivity index (χ3v) is 12.5. The van der Waals surface area contributed by atoms with Gasteiger partial charge in [0.2, 0.25) is 0 Å². The lowest BCUT2D eigenvalue weighted by Gasteiger charge is -2.27. The highest BCUT2D eigenvalue weighted by Crippen LogP contribution is 2.48. The molecule has 8 aromatic carbocycles. The number of aromatic nitrogens is 1. The van der Waals surface area contributed by atoms with Crippen LogP contribution in [0.3, 0.4) is 0 Å². The van der Waals surface area contributed by atoms with E-state index < -0.39 is 0 Å². The Kier molecular flexibility index (Phi) is 6.03. The number of hydrogen-bond acceptors (Lipinski definition) is 3. The average molecular weight is 673 g/mol. The largest absolute Gasteiger partial charge is 0.310 e. The van der Waals surface area contributed by atoms with Crippen molar-refractivity contribution in [3.8, 4) is 5.69 Å². The molecule has 3 aromatic heterocycles. The molecule has 0 saturated heterocycles. The summed E-state index contributed by atoms with van der Waals surface area (Å²) in [5, 5.41) is 10.2. The smallest absolute Gasteiger partial charge is 0.0547 e. The van der Waals surface area contributed by atoms with Crippen molar-refractivity contribution >= 4 is 113 Å². The van der Waals surface area contributed by atoms with Crippen molar-refractivity contribution in [1.82, 2.24) is 4.57 Å². The summed E-state index contributed by atoms with van der Waals surface area (Å²) in [5.41, 5.74) is 7.04. The van der Waals surface area contributed by atoms with Crippen LogP contribution in [0.15, 0.2) is 170 Å². The van der Waals surface area contributed by atoms with E-state index in [9.17, 15) is 0 Å². The first-order valence-electron chi connectivity index (χ1n) is 16.9. The Bertz CT molecular complexity index is 3110. The van der Waals surface area contributed by atoms with E-state index in [4.69, 9.17) is 0 Å². The van der Waals surface area contributed by atoms with E-state index in [1.165, 1.54) is 84.3 Å². The highest BCUT2D eigenvalue weighted by atomic mass is 32.1. The first kappa shape index (κ1) is 28.0. The van der Waals surface area contributed by atoms with Gasteiger partial charge in [0.1, 0.15) is 0 Å². The van der Waals surface area contributed by atoms with Gasteiger partial charge in [-0.3, -0.25) is 0 Å². The van der Waals surface area contributed by atoms with Crippen LogP contribution in [-0.2, 0) is 0 Å². The van der Waals surface area contributed by atoms with Crippen molar-refractivity contribution in [1.29, 1.82) is 0 Å². The molecular weight excluding hydrogens is 645 g/mol. The van der Waals surface area contributed by atoms with Crippen molar-refractivity contribution in [2.24, 2.45) is 0 Å². The molecule has 0 aliphatic heterocycles. The van der Waals surface area contributed by atoms with E-state index in [0.717, 1.165) is 11.4 Å². The summed E-state index contributed by atoms with van der Waals surface area (Å²) in [6, 6.07) is 62.5. The van der Waals surface area contributed by atoms with Gasteiger partial charge in [-0.25, -0.2) is 0 Å². The van der Waals surface area contributed by atoms with Gasteiger partial charge in [0.15, 0.2) is 0 Å². The molecule has 50 heavy (non-hydrogen) atoms. The second-order valence-corrected chi connectivity index (χ2v) is 15.1. The van der Waals surface area contributed by atoms with Crippen LogP contribution >= 0.6 is 22.7 Å². The van der Waals surface area contributed by atoms with E-state index in [2.05, 4.69) is 179 Å². The molecule has 0 radical (unpaired) electrons. The molecule has 0 aliphatic rings. The molecule has 11 rings (SSSR count). The number of rotatable bonds is 4. The number of para-hydroxylation sites is 2. The van der Waals surface area contributed by atoms with Crippen LogP contribution in [0.1, 0.15) is 0 Å². The summed E-state index contributed by atoms with van der Waals surface area (Å²) in [5.74, 6) is 0. The molecule has 0 fully saturated rings. The SMILES string of the molecule is c1ccc(-n2c3ccccc3c3cc(N(c4ccc5sc6ccccc6c5c4)c4cc5c6ccccc6sc5c5ccccc45)ccc32)cc1. The van der Waals surface area contributed by atoms with Gasteiger partial charge in [-0.15, -0.1) is 22.7 Å². The maximum Gasteiger partial charge on any atom is 0.0547 e. The van der Waals surface area contributed by atoms with Crippen LogP contribution in [0.2, 0.25) is 0 Å². The first-order chi connectivity index (χ1) is 24.8. The normalized spacial score (nSPS) is 12.0. The summed E-state index contributed by atoms with van der Waals surface area (Å²) < 4.78 is 7.67. The third kappa shape index (κ3) is 4.07. The van der Waals surface area contributed by atoms with Gasteiger partial charge >= 0.3 is 0 Å². The Morgan fingerprint density at radius 2 is 0.920 bits per heavy atom. The molecular formula is C46H28N2S2. The Balaban J connectivity index is 1.24. The zero-order chi connectivity index (χ0) is 32.8. The van der Waals surface area contributed by atoms with E-state index in [0.29, 0.717) is 0 Å². The van der Waals surface area contributed by atoms with E-state index in [-0.39, 0.29) is 0 Å². The van der Waals surface area contributed by atoms with Crippen molar-refractivity contribution in [2.75, 3.05) is 4.90 Å². The molecule has 0 saturated carbocycles. The van der Waals surface area contributed by atoms with Gasteiger partial charge in [-0.1, -0.05) is 97.1 Å². The topological polar surface area (TPSA) is 8.17 Å². The van der Waals surface area contributed by atoms with Crippen LogP contribution in [0, 0.1) is 0 Å². The number of anilines is 3. The fraction of sp³-hybridized carbons (Fsp3) is 0. The second kappa shape index (κ2) is 10.8. The number of thiophene rings is 2. The zero-order valence-corrected chi connectivity index (χ0v) is 28.5. The minimum Gasteiger partial charge on any atom is -0.310 e. The van der Waals surface area contributed by atoms with Crippen LogP contribution in [-0.4, -0.2) is 4.57 Å². The van der Waals surface area contributed by atoms with Gasteiger partial charge in [0.05, 0.1) is 16.7 Å².